The highest BCUT2D eigenvalue weighted by Gasteiger charge is 2.41. The number of rotatable bonds is 4. The lowest BCUT2D eigenvalue weighted by Gasteiger charge is -2.18. The summed E-state index contributed by atoms with van der Waals surface area (Å²) < 4.78 is 23.9. The van der Waals surface area contributed by atoms with E-state index in [0.717, 1.165) is 11.8 Å². The van der Waals surface area contributed by atoms with Crippen LogP contribution in [0.2, 0.25) is 0 Å². The standard InChI is InChI=1S/C19H19NO5S/c1-26(24,25)17-10-6-5-9-14(17)18(21)20-11-15(16(12-20)19(22)23)13-7-3-2-4-8-13/h2-10,15-16H,11-12H2,1H3,(H,22,23)/t15-,16-/m0/s1. The molecule has 0 unspecified atom stereocenters. The molecule has 1 fully saturated rings. The minimum Gasteiger partial charge on any atom is -0.481 e. The van der Waals surface area contributed by atoms with E-state index in [2.05, 4.69) is 0 Å². The molecular formula is C19H19NO5S. The number of carboxylic acids is 1. The number of amides is 1. The van der Waals surface area contributed by atoms with E-state index in [4.69, 9.17) is 0 Å². The molecule has 0 radical (unpaired) electrons. The van der Waals surface area contributed by atoms with Crippen LogP contribution in [0, 0.1) is 5.92 Å². The van der Waals surface area contributed by atoms with Crippen LogP contribution in [0.1, 0.15) is 21.8 Å². The van der Waals surface area contributed by atoms with Crippen LogP contribution in [0.25, 0.3) is 0 Å². The third-order valence-corrected chi connectivity index (χ3v) is 5.82. The van der Waals surface area contributed by atoms with Crippen LogP contribution in [-0.4, -0.2) is 49.6 Å². The lowest BCUT2D eigenvalue weighted by atomic mass is 9.89. The highest BCUT2D eigenvalue weighted by atomic mass is 32.2. The molecule has 0 aromatic heterocycles. The molecule has 136 valence electrons. The number of aliphatic carboxylic acids is 1. The minimum atomic E-state index is -3.57. The SMILES string of the molecule is CS(=O)(=O)c1ccccc1C(=O)N1C[C@H](C(=O)O)[C@H](c2ccccc2)C1. The topological polar surface area (TPSA) is 91.8 Å². The maximum Gasteiger partial charge on any atom is 0.308 e. The van der Waals surface area contributed by atoms with Gasteiger partial charge in [0.1, 0.15) is 0 Å². The Labute approximate surface area is 152 Å². The van der Waals surface area contributed by atoms with Crippen molar-refractivity contribution < 1.29 is 23.1 Å². The van der Waals surface area contributed by atoms with E-state index in [1.165, 1.54) is 17.0 Å². The molecule has 0 saturated carbocycles. The molecule has 1 aliphatic rings. The van der Waals surface area contributed by atoms with Gasteiger partial charge in [0.15, 0.2) is 9.84 Å². The van der Waals surface area contributed by atoms with Crippen molar-refractivity contribution in [3.63, 3.8) is 0 Å². The third-order valence-electron chi connectivity index (χ3n) is 4.67. The third kappa shape index (κ3) is 3.48. The van der Waals surface area contributed by atoms with Gasteiger partial charge in [-0.3, -0.25) is 9.59 Å². The smallest absolute Gasteiger partial charge is 0.308 e. The van der Waals surface area contributed by atoms with Gasteiger partial charge in [0.05, 0.1) is 16.4 Å². The number of nitrogens with zero attached hydrogens (tertiary/aromatic N) is 1. The number of hydrogen-bond donors (Lipinski definition) is 1. The molecule has 26 heavy (non-hydrogen) atoms. The quantitative estimate of drug-likeness (QED) is 0.885. The van der Waals surface area contributed by atoms with E-state index in [0.29, 0.717) is 0 Å². The highest BCUT2D eigenvalue weighted by Crippen LogP contribution is 2.34. The van der Waals surface area contributed by atoms with Gasteiger partial charge in [0.2, 0.25) is 0 Å². The summed E-state index contributed by atoms with van der Waals surface area (Å²) in [6.07, 6.45) is 1.05. The average Bonchev–Trinajstić information content (AvgIpc) is 3.07. The Hall–Kier alpha value is -2.67. The molecule has 1 heterocycles. The second-order valence-electron chi connectivity index (χ2n) is 6.44. The number of likely N-dealkylation sites (tertiary alicyclic amines) is 1. The van der Waals surface area contributed by atoms with Crippen LogP contribution in [0.5, 0.6) is 0 Å². The van der Waals surface area contributed by atoms with Gasteiger partial charge in [-0.1, -0.05) is 42.5 Å². The van der Waals surface area contributed by atoms with Crippen molar-refractivity contribution in [2.45, 2.75) is 10.8 Å². The van der Waals surface area contributed by atoms with E-state index in [9.17, 15) is 23.1 Å². The Bertz CT molecular complexity index is 939. The van der Waals surface area contributed by atoms with Gasteiger partial charge in [-0.05, 0) is 17.7 Å². The van der Waals surface area contributed by atoms with Crippen molar-refractivity contribution in [1.82, 2.24) is 4.90 Å². The van der Waals surface area contributed by atoms with E-state index in [1.807, 2.05) is 30.3 Å². The predicted molar refractivity (Wildman–Crippen MR) is 95.8 cm³/mol. The number of benzene rings is 2. The molecule has 2 aromatic carbocycles. The molecule has 1 amide bonds. The second-order valence-corrected chi connectivity index (χ2v) is 8.42. The Morgan fingerprint density at radius 2 is 1.62 bits per heavy atom. The molecule has 0 bridgehead atoms. The normalized spacial score (nSPS) is 20.1. The number of sulfone groups is 1. The first kappa shape index (κ1) is 18.1. The molecule has 2 atom stereocenters. The van der Waals surface area contributed by atoms with Gasteiger partial charge in [0.25, 0.3) is 5.91 Å². The molecule has 0 aliphatic carbocycles. The molecule has 7 heteroatoms. The average molecular weight is 373 g/mol. The number of carbonyl (C=O) groups excluding carboxylic acids is 1. The lowest BCUT2D eigenvalue weighted by molar-refractivity contribution is -0.141. The zero-order valence-corrected chi connectivity index (χ0v) is 15.0. The fourth-order valence-corrected chi connectivity index (χ4v) is 4.28. The first-order chi connectivity index (χ1) is 12.3. The molecule has 0 spiro atoms. The summed E-state index contributed by atoms with van der Waals surface area (Å²) in [5.41, 5.74) is 0.930. The van der Waals surface area contributed by atoms with E-state index in [-0.39, 0.29) is 29.5 Å². The van der Waals surface area contributed by atoms with Gasteiger partial charge in [-0.25, -0.2) is 8.42 Å². The van der Waals surface area contributed by atoms with Crippen LogP contribution in [0.15, 0.2) is 59.5 Å². The van der Waals surface area contributed by atoms with Crippen molar-refractivity contribution in [1.29, 1.82) is 0 Å². The summed E-state index contributed by atoms with van der Waals surface area (Å²) in [5, 5.41) is 9.57. The Balaban J connectivity index is 1.94. The number of carboxylic acid groups (broad SMARTS) is 1. The lowest BCUT2D eigenvalue weighted by Crippen LogP contribution is -2.31. The number of carbonyl (C=O) groups is 2. The Morgan fingerprint density at radius 1 is 1.00 bits per heavy atom. The molecule has 1 saturated heterocycles. The fourth-order valence-electron chi connectivity index (χ4n) is 3.39. The largest absolute Gasteiger partial charge is 0.481 e. The van der Waals surface area contributed by atoms with Crippen molar-refractivity contribution in [3.05, 3.63) is 65.7 Å². The van der Waals surface area contributed by atoms with Crippen LogP contribution < -0.4 is 0 Å². The van der Waals surface area contributed by atoms with Crippen LogP contribution in [-0.2, 0) is 14.6 Å². The molecule has 1 aliphatic heterocycles. The van der Waals surface area contributed by atoms with E-state index >= 15 is 0 Å². The summed E-state index contributed by atoms with van der Waals surface area (Å²) >= 11 is 0. The fraction of sp³-hybridized carbons (Fsp3) is 0.263. The highest BCUT2D eigenvalue weighted by molar-refractivity contribution is 7.90. The maximum absolute atomic E-state index is 12.9. The summed E-state index contributed by atoms with van der Waals surface area (Å²) in [4.78, 5) is 26.0. The van der Waals surface area contributed by atoms with Gasteiger partial charge < -0.3 is 10.0 Å². The van der Waals surface area contributed by atoms with Crippen molar-refractivity contribution >= 4 is 21.7 Å². The number of hydrogen-bond acceptors (Lipinski definition) is 4. The van der Waals surface area contributed by atoms with Crippen LogP contribution in [0.4, 0.5) is 0 Å². The van der Waals surface area contributed by atoms with Gasteiger partial charge in [0, 0.05) is 25.3 Å². The zero-order valence-electron chi connectivity index (χ0n) is 14.2. The van der Waals surface area contributed by atoms with Crippen LogP contribution >= 0.6 is 0 Å². The molecule has 2 aromatic rings. The predicted octanol–water partition coefficient (Wildman–Crippen LogP) is 2.03. The van der Waals surface area contributed by atoms with Crippen LogP contribution in [0.3, 0.4) is 0 Å². The molecule has 1 N–H and O–H groups in total. The monoisotopic (exact) mass is 373 g/mol. The van der Waals surface area contributed by atoms with Gasteiger partial charge in [-0.15, -0.1) is 0 Å². The Kier molecular flexibility index (Phi) is 4.82. The van der Waals surface area contributed by atoms with Crippen molar-refractivity contribution in [2.24, 2.45) is 5.92 Å². The summed E-state index contributed by atoms with van der Waals surface area (Å²) in [6, 6.07) is 15.2. The minimum absolute atomic E-state index is 0.0416. The van der Waals surface area contributed by atoms with Gasteiger partial charge in [-0.2, -0.15) is 0 Å². The first-order valence-corrected chi connectivity index (χ1v) is 10.0. The first-order valence-electron chi connectivity index (χ1n) is 8.15. The Morgan fingerprint density at radius 3 is 2.23 bits per heavy atom. The summed E-state index contributed by atoms with van der Waals surface area (Å²) in [5.74, 6) is -2.49. The van der Waals surface area contributed by atoms with E-state index < -0.39 is 27.6 Å². The molecule has 6 nitrogen and oxygen atoms in total. The second kappa shape index (κ2) is 6.92. The summed E-state index contributed by atoms with van der Waals surface area (Å²) in [6.45, 7) is 0.281. The molecule has 3 rings (SSSR count). The van der Waals surface area contributed by atoms with Gasteiger partial charge >= 0.3 is 5.97 Å². The molecular weight excluding hydrogens is 354 g/mol. The van der Waals surface area contributed by atoms with E-state index in [1.54, 1.807) is 12.1 Å². The zero-order chi connectivity index (χ0) is 18.9. The maximum atomic E-state index is 12.9. The van der Waals surface area contributed by atoms with Crippen molar-refractivity contribution in [3.8, 4) is 0 Å². The van der Waals surface area contributed by atoms with Crippen molar-refractivity contribution in [2.75, 3.05) is 19.3 Å². The summed E-state index contributed by atoms with van der Waals surface area (Å²) in [7, 11) is -3.57.